The van der Waals surface area contributed by atoms with Crippen LogP contribution in [0.2, 0.25) is 6.32 Å². The third kappa shape index (κ3) is 1.49. The molecule has 0 unspecified atom stereocenters. The monoisotopic (exact) mass is 113 g/mol. The van der Waals surface area contributed by atoms with E-state index in [9.17, 15) is 0 Å². The Morgan fingerprint density at radius 2 is 2.38 bits per heavy atom. The van der Waals surface area contributed by atoms with E-state index in [4.69, 9.17) is 5.02 Å². The van der Waals surface area contributed by atoms with E-state index >= 15 is 0 Å². The lowest BCUT2D eigenvalue weighted by Gasteiger charge is -2.23. The van der Waals surface area contributed by atoms with Crippen LogP contribution in [0.4, 0.5) is 0 Å². The van der Waals surface area contributed by atoms with Crippen molar-refractivity contribution in [2.24, 2.45) is 0 Å². The first kappa shape index (κ1) is 6.11. The minimum atomic E-state index is -0.0613. The Morgan fingerprint density at radius 1 is 1.62 bits per heavy atom. The van der Waals surface area contributed by atoms with Gasteiger partial charge in [0.05, 0.1) is 0 Å². The van der Waals surface area contributed by atoms with Crippen molar-refractivity contribution in [2.45, 2.75) is 12.7 Å². The summed E-state index contributed by atoms with van der Waals surface area (Å²) in [6.07, 6.45) is 3.00. The highest BCUT2D eigenvalue weighted by atomic mass is 16.2. The Bertz CT molecular complexity index is 70.8. The first-order valence-electron chi connectivity index (χ1n) is 3.15. The number of hydrogen-bond donors (Lipinski definition) is 1. The standard InChI is InChI=1S/C5H12BNO/c1-7-4-2-3-6(8)5-7/h8H,2-5H2,1H3. The van der Waals surface area contributed by atoms with Crippen LogP contribution in [-0.2, 0) is 0 Å². The minimum Gasteiger partial charge on any atom is -0.449 e. The molecule has 0 bridgehead atoms. The fraction of sp³-hybridized carbons (Fsp3) is 1.00. The largest absolute Gasteiger partial charge is 0.449 e. The van der Waals surface area contributed by atoms with Crippen molar-refractivity contribution >= 4 is 6.92 Å². The van der Waals surface area contributed by atoms with E-state index in [1.54, 1.807) is 0 Å². The van der Waals surface area contributed by atoms with Crippen molar-refractivity contribution in [2.75, 3.05) is 20.0 Å². The maximum Gasteiger partial charge on any atom is 0.303 e. The summed E-state index contributed by atoms with van der Waals surface area (Å²) in [4.78, 5) is 2.16. The van der Waals surface area contributed by atoms with Crippen LogP contribution in [0, 0.1) is 0 Å². The molecule has 0 aliphatic carbocycles. The van der Waals surface area contributed by atoms with Crippen LogP contribution < -0.4 is 0 Å². The van der Waals surface area contributed by atoms with Crippen LogP contribution in [0.3, 0.4) is 0 Å². The van der Waals surface area contributed by atoms with Gasteiger partial charge in [0.1, 0.15) is 0 Å². The molecule has 0 aromatic heterocycles. The van der Waals surface area contributed by atoms with Gasteiger partial charge >= 0.3 is 6.92 Å². The molecule has 0 aromatic carbocycles. The summed E-state index contributed by atoms with van der Waals surface area (Å²) in [6.45, 7) is 1.09. The molecule has 1 rings (SSSR count). The molecule has 0 aromatic rings. The molecule has 46 valence electrons. The Labute approximate surface area is 50.6 Å². The maximum absolute atomic E-state index is 9.04. The van der Waals surface area contributed by atoms with Crippen LogP contribution in [0.25, 0.3) is 0 Å². The summed E-state index contributed by atoms with van der Waals surface area (Å²) in [5.74, 6) is 0. The molecule has 2 nitrogen and oxygen atoms in total. The Morgan fingerprint density at radius 3 is 2.75 bits per heavy atom. The average Bonchev–Trinajstić information content (AvgIpc) is 1.64. The molecule has 1 N–H and O–H groups in total. The summed E-state index contributed by atoms with van der Waals surface area (Å²) in [5, 5.41) is 9.04. The van der Waals surface area contributed by atoms with Gasteiger partial charge in [-0.05, 0) is 26.3 Å². The van der Waals surface area contributed by atoms with Gasteiger partial charge in [-0.3, -0.25) is 0 Å². The summed E-state index contributed by atoms with van der Waals surface area (Å²) < 4.78 is 0. The van der Waals surface area contributed by atoms with E-state index < -0.39 is 0 Å². The molecule has 0 saturated carbocycles. The van der Waals surface area contributed by atoms with Crippen molar-refractivity contribution in [1.82, 2.24) is 4.90 Å². The van der Waals surface area contributed by atoms with Crippen LogP contribution in [0.15, 0.2) is 0 Å². The van der Waals surface area contributed by atoms with Crippen LogP contribution >= 0.6 is 0 Å². The molecular formula is C5H12BNO. The molecule has 8 heavy (non-hydrogen) atoms. The third-order valence-electron chi connectivity index (χ3n) is 1.60. The minimum absolute atomic E-state index is 0.0613. The van der Waals surface area contributed by atoms with Crippen molar-refractivity contribution in [3.63, 3.8) is 0 Å². The summed E-state index contributed by atoms with van der Waals surface area (Å²) >= 11 is 0. The zero-order chi connectivity index (χ0) is 5.98. The first-order valence-corrected chi connectivity index (χ1v) is 3.15. The Kier molecular flexibility index (Phi) is 1.92. The molecular weight excluding hydrogens is 101 g/mol. The maximum atomic E-state index is 9.04. The molecule has 0 amide bonds. The molecule has 3 heteroatoms. The molecule has 1 aliphatic heterocycles. The average molecular weight is 113 g/mol. The van der Waals surface area contributed by atoms with E-state index in [0.717, 1.165) is 25.7 Å². The normalized spacial score (nSPS) is 24.0. The quantitative estimate of drug-likeness (QED) is 0.441. The molecule has 0 atom stereocenters. The Balaban J connectivity index is 2.23. The second-order valence-electron chi connectivity index (χ2n) is 2.56. The second kappa shape index (κ2) is 2.51. The highest BCUT2D eigenvalue weighted by molar-refractivity contribution is 6.50. The van der Waals surface area contributed by atoms with E-state index in [2.05, 4.69) is 4.90 Å². The summed E-state index contributed by atoms with van der Waals surface area (Å²) in [7, 11) is 2.04. The number of nitrogens with zero attached hydrogens (tertiary/aromatic N) is 1. The van der Waals surface area contributed by atoms with Gasteiger partial charge in [-0.15, -0.1) is 0 Å². The van der Waals surface area contributed by atoms with Crippen LogP contribution in [-0.4, -0.2) is 36.9 Å². The molecule has 0 spiro atoms. The first-order chi connectivity index (χ1) is 3.79. The molecule has 1 aliphatic rings. The highest BCUT2D eigenvalue weighted by Crippen LogP contribution is 2.04. The van der Waals surface area contributed by atoms with E-state index in [-0.39, 0.29) is 6.92 Å². The topological polar surface area (TPSA) is 23.5 Å². The van der Waals surface area contributed by atoms with Gasteiger partial charge < -0.3 is 9.92 Å². The van der Waals surface area contributed by atoms with Gasteiger partial charge in [0, 0.05) is 6.44 Å². The fourth-order valence-corrected chi connectivity index (χ4v) is 1.14. The fourth-order valence-electron chi connectivity index (χ4n) is 1.14. The molecule has 1 saturated heterocycles. The van der Waals surface area contributed by atoms with Gasteiger partial charge in [-0.2, -0.15) is 0 Å². The lowest BCUT2D eigenvalue weighted by molar-refractivity contribution is 0.341. The lowest BCUT2D eigenvalue weighted by atomic mass is 9.62. The van der Waals surface area contributed by atoms with Crippen LogP contribution in [0.1, 0.15) is 6.42 Å². The third-order valence-corrected chi connectivity index (χ3v) is 1.60. The van der Waals surface area contributed by atoms with Crippen molar-refractivity contribution < 1.29 is 5.02 Å². The summed E-state index contributed by atoms with van der Waals surface area (Å²) in [6, 6.07) is 0. The summed E-state index contributed by atoms with van der Waals surface area (Å²) in [5.41, 5.74) is 0. The predicted molar refractivity (Wildman–Crippen MR) is 34.9 cm³/mol. The highest BCUT2D eigenvalue weighted by Gasteiger charge is 2.17. The van der Waals surface area contributed by atoms with E-state index in [0.29, 0.717) is 0 Å². The predicted octanol–water partition coefficient (Wildman–Crippen LogP) is -0.155. The van der Waals surface area contributed by atoms with Crippen molar-refractivity contribution in [1.29, 1.82) is 0 Å². The zero-order valence-electron chi connectivity index (χ0n) is 5.30. The van der Waals surface area contributed by atoms with Crippen molar-refractivity contribution in [3.05, 3.63) is 0 Å². The number of hydrogen-bond acceptors (Lipinski definition) is 2. The van der Waals surface area contributed by atoms with Gasteiger partial charge in [0.15, 0.2) is 0 Å². The van der Waals surface area contributed by atoms with Crippen LogP contribution in [0.5, 0.6) is 0 Å². The van der Waals surface area contributed by atoms with Crippen molar-refractivity contribution in [3.8, 4) is 0 Å². The SMILES string of the molecule is CN1CCCB(O)C1. The van der Waals surface area contributed by atoms with E-state index in [1.165, 1.54) is 0 Å². The molecule has 1 heterocycles. The second-order valence-corrected chi connectivity index (χ2v) is 2.56. The van der Waals surface area contributed by atoms with E-state index in [1.807, 2.05) is 7.05 Å². The lowest BCUT2D eigenvalue weighted by Crippen LogP contribution is -2.38. The van der Waals surface area contributed by atoms with Gasteiger partial charge in [-0.1, -0.05) is 0 Å². The van der Waals surface area contributed by atoms with Gasteiger partial charge in [0.2, 0.25) is 0 Å². The Hall–Kier alpha value is -0.0151. The van der Waals surface area contributed by atoms with Gasteiger partial charge in [0.25, 0.3) is 0 Å². The smallest absolute Gasteiger partial charge is 0.303 e. The molecule has 1 fully saturated rings. The number of rotatable bonds is 0. The van der Waals surface area contributed by atoms with Gasteiger partial charge in [-0.25, -0.2) is 0 Å². The molecule has 0 radical (unpaired) electrons. The zero-order valence-corrected chi connectivity index (χ0v) is 5.30.